The van der Waals surface area contributed by atoms with Crippen LogP contribution in [0, 0.1) is 0 Å². The molecule has 2 aliphatic heterocycles. The summed E-state index contributed by atoms with van der Waals surface area (Å²) in [4.78, 5) is 29.6. The van der Waals surface area contributed by atoms with E-state index in [1.807, 2.05) is 54.6 Å². The van der Waals surface area contributed by atoms with E-state index >= 15 is 0 Å². The predicted octanol–water partition coefficient (Wildman–Crippen LogP) is 3.54. The van der Waals surface area contributed by atoms with Gasteiger partial charge in [-0.05, 0) is 48.0 Å². The number of ether oxygens (including phenoxy) is 3. The van der Waals surface area contributed by atoms with E-state index in [-0.39, 0.29) is 31.5 Å². The first-order chi connectivity index (χ1) is 19.4. The van der Waals surface area contributed by atoms with Crippen LogP contribution in [0.2, 0.25) is 0 Å². The summed E-state index contributed by atoms with van der Waals surface area (Å²) in [5.41, 5.74) is 0.486. The average molecular weight is 613 g/mol. The van der Waals surface area contributed by atoms with E-state index in [0.717, 1.165) is 20.8 Å². The molecule has 1 spiro atoms. The molecule has 2 atom stereocenters. The summed E-state index contributed by atoms with van der Waals surface area (Å²) >= 11 is 3.55. The van der Waals surface area contributed by atoms with Crippen molar-refractivity contribution in [3.63, 3.8) is 0 Å². The van der Waals surface area contributed by atoms with Gasteiger partial charge < -0.3 is 34.9 Å². The third-order valence-corrected chi connectivity index (χ3v) is 8.17. The second-order valence-electron chi connectivity index (χ2n) is 10.1. The van der Waals surface area contributed by atoms with Gasteiger partial charge in [-0.25, -0.2) is 0 Å². The lowest BCUT2D eigenvalue weighted by Crippen LogP contribution is -2.65. The number of aliphatic hydroxyl groups excluding tert-OH is 1. The molecule has 10 heteroatoms. The topological polar surface area (TPSA) is 109 Å². The molecule has 2 aliphatic rings. The predicted molar refractivity (Wildman–Crippen MR) is 156 cm³/mol. The number of carbonyl (C=O) groups excluding carboxylic acids is 2. The lowest BCUT2D eigenvalue weighted by molar-refractivity contribution is -0.138. The summed E-state index contributed by atoms with van der Waals surface area (Å²) in [6.45, 7) is 2.89. The van der Waals surface area contributed by atoms with Crippen LogP contribution in [0.5, 0.6) is 11.5 Å². The normalized spacial score (nSPS) is 19.1. The van der Waals surface area contributed by atoms with Gasteiger partial charge in [0.1, 0.15) is 23.1 Å². The van der Waals surface area contributed by atoms with Gasteiger partial charge in [0.2, 0.25) is 5.91 Å². The number of methoxy groups -OCH3 is 1. The highest BCUT2D eigenvalue weighted by molar-refractivity contribution is 9.10. The number of para-hydroxylation sites is 2. The molecule has 2 amide bonds. The van der Waals surface area contributed by atoms with Gasteiger partial charge in [-0.2, -0.15) is 0 Å². The molecule has 2 heterocycles. The minimum absolute atomic E-state index is 0.100. The summed E-state index contributed by atoms with van der Waals surface area (Å²) in [7, 11) is 1.62. The van der Waals surface area contributed by atoms with Crippen LogP contribution < -0.4 is 25.0 Å². The summed E-state index contributed by atoms with van der Waals surface area (Å²) in [5, 5.41) is 17.2. The van der Waals surface area contributed by atoms with Gasteiger partial charge in [0.25, 0.3) is 5.91 Å². The monoisotopic (exact) mass is 611 g/mol. The van der Waals surface area contributed by atoms with Crippen molar-refractivity contribution in [2.75, 3.05) is 38.4 Å². The molecule has 9 nitrogen and oxygen atoms in total. The smallest absolute Gasteiger partial charge is 0.254 e. The molecular weight excluding hydrogens is 578 g/mol. The van der Waals surface area contributed by atoms with Gasteiger partial charge in [0.05, 0.1) is 45.2 Å². The van der Waals surface area contributed by atoms with Crippen LogP contribution >= 0.6 is 15.9 Å². The zero-order valence-corrected chi connectivity index (χ0v) is 24.2. The number of halogens is 1. The molecule has 3 N–H and O–H groups in total. The van der Waals surface area contributed by atoms with Crippen molar-refractivity contribution in [3.8, 4) is 11.5 Å². The van der Waals surface area contributed by atoms with Crippen LogP contribution in [0.25, 0.3) is 10.8 Å². The molecule has 0 radical (unpaired) electrons. The highest BCUT2D eigenvalue weighted by Gasteiger charge is 2.51. The van der Waals surface area contributed by atoms with E-state index in [0.29, 0.717) is 43.2 Å². The van der Waals surface area contributed by atoms with Crippen LogP contribution in [0.15, 0.2) is 59.1 Å². The van der Waals surface area contributed by atoms with E-state index in [9.17, 15) is 14.7 Å². The fourth-order valence-corrected chi connectivity index (χ4v) is 5.89. The summed E-state index contributed by atoms with van der Waals surface area (Å²) in [6.07, 6.45) is 0.881. The summed E-state index contributed by atoms with van der Waals surface area (Å²) < 4.78 is 19.1. The maximum atomic E-state index is 14.6. The number of hydrogen-bond acceptors (Lipinski definition) is 7. The van der Waals surface area contributed by atoms with Crippen molar-refractivity contribution in [1.29, 1.82) is 0 Å². The molecule has 0 saturated carbocycles. The standard InChI is InChI=1S/C30H34BrN3O6/c1-19(32-13-14-35)28(36)33-27-29(37)34(18-23-22-9-8-21(31)17-20(22)7-10-25(23)38-2)24-5-3-4-6-26(24)40-30(27)11-15-39-16-12-30/h3-10,17,19,27,32,35H,11-16,18H2,1-2H3,(H,33,36). The van der Waals surface area contributed by atoms with Gasteiger partial charge in [0, 0.05) is 29.4 Å². The van der Waals surface area contributed by atoms with Gasteiger partial charge in [-0.15, -0.1) is 0 Å². The van der Waals surface area contributed by atoms with Crippen LogP contribution in [0.3, 0.4) is 0 Å². The number of rotatable bonds is 8. The summed E-state index contributed by atoms with van der Waals surface area (Å²) in [6, 6.07) is 15.8. The Morgan fingerprint density at radius 2 is 1.98 bits per heavy atom. The van der Waals surface area contributed by atoms with E-state index in [1.54, 1.807) is 18.9 Å². The Labute approximate surface area is 241 Å². The van der Waals surface area contributed by atoms with E-state index in [2.05, 4.69) is 26.6 Å². The van der Waals surface area contributed by atoms with Crippen LogP contribution in [0.4, 0.5) is 5.69 Å². The lowest BCUT2D eigenvalue weighted by Gasteiger charge is -2.41. The quantitative estimate of drug-likeness (QED) is 0.357. The van der Waals surface area contributed by atoms with Crippen molar-refractivity contribution in [2.45, 2.75) is 44.0 Å². The second kappa shape index (κ2) is 12.1. The van der Waals surface area contributed by atoms with Crippen LogP contribution in [-0.4, -0.2) is 68.1 Å². The van der Waals surface area contributed by atoms with Crippen molar-refractivity contribution in [2.24, 2.45) is 0 Å². The third kappa shape index (κ3) is 5.54. The number of carbonyl (C=O) groups is 2. The highest BCUT2D eigenvalue weighted by atomic mass is 79.9. The number of anilines is 1. The zero-order valence-electron chi connectivity index (χ0n) is 22.6. The first-order valence-corrected chi connectivity index (χ1v) is 14.2. The van der Waals surface area contributed by atoms with Gasteiger partial charge in [0.15, 0.2) is 0 Å². The average Bonchev–Trinajstić information content (AvgIpc) is 3.05. The van der Waals surface area contributed by atoms with E-state index < -0.39 is 17.7 Å². The lowest BCUT2D eigenvalue weighted by atomic mass is 9.84. The molecule has 1 fully saturated rings. The SMILES string of the molecule is COc1ccc2cc(Br)ccc2c1CN1C(=O)C(NC(=O)C(C)NCCO)C2(CCOCC2)Oc2ccccc21. The second-order valence-corrected chi connectivity index (χ2v) is 11.0. The molecule has 1 saturated heterocycles. The minimum Gasteiger partial charge on any atom is -0.496 e. The van der Waals surface area contributed by atoms with Gasteiger partial charge in [-0.3, -0.25) is 9.59 Å². The molecule has 212 valence electrons. The molecule has 2 unspecified atom stereocenters. The Morgan fingerprint density at radius 3 is 2.73 bits per heavy atom. The zero-order chi connectivity index (χ0) is 28.3. The van der Waals surface area contributed by atoms with Crippen LogP contribution in [-0.2, 0) is 20.9 Å². The Kier molecular flexibility index (Phi) is 8.60. The fraction of sp³-hybridized carbons (Fsp3) is 0.400. The molecule has 40 heavy (non-hydrogen) atoms. The van der Waals surface area contributed by atoms with Crippen LogP contribution in [0.1, 0.15) is 25.3 Å². The number of fused-ring (bicyclic) bond motifs is 2. The number of nitrogens with one attached hydrogen (secondary N) is 2. The summed E-state index contributed by atoms with van der Waals surface area (Å²) in [5.74, 6) is 0.613. The first-order valence-electron chi connectivity index (χ1n) is 13.4. The Bertz CT molecular complexity index is 1390. The number of amides is 2. The van der Waals surface area contributed by atoms with Crippen molar-refractivity contribution >= 4 is 44.2 Å². The maximum Gasteiger partial charge on any atom is 0.254 e. The van der Waals surface area contributed by atoms with Gasteiger partial charge in [-0.1, -0.05) is 40.2 Å². The molecule has 5 rings (SSSR count). The van der Waals surface area contributed by atoms with Crippen molar-refractivity contribution < 1.29 is 28.9 Å². The molecule has 0 aromatic heterocycles. The number of benzene rings is 3. The third-order valence-electron chi connectivity index (χ3n) is 7.68. The van der Waals surface area contributed by atoms with E-state index in [1.165, 1.54) is 0 Å². The minimum atomic E-state index is -0.986. The number of hydrogen-bond donors (Lipinski definition) is 3. The van der Waals surface area contributed by atoms with E-state index in [4.69, 9.17) is 14.2 Å². The van der Waals surface area contributed by atoms with Gasteiger partial charge >= 0.3 is 0 Å². The Balaban J connectivity index is 1.60. The number of aliphatic hydroxyl groups is 1. The Hall–Kier alpha value is -3.18. The molecule has 0 bridgehead atoms. The first kappa shape index (κ1) is 28.4. The fourth-order valence-electron chi connectivity index (χ4n) is 5.51. The van der Waals surface area contributed by atoms with Crippen molar-refractivity contribution in [3.05, 3.63) is 64.6 Å². The maximum absolute atomic E-state index is 14.6. The molecule has 0 aliphatic carbocycles. The van der Waals surface area contributed by atoms with Crippen molar-refractivity contribution in [1.82, 2.24) is 10.6 Å². The molecular formula is C30H34BrN3O6. The molecule has 3 aromatic rings. The largest absolute Gasteiger partial charge is 0.496 e. The molecule has 3 aromatic carbocycles. The number of nitrogens with zero attached hydrogens (tertiary/aromatic N) is 1. The highest BCUT2D eigenvalue weighted by Crippen LogP contribution is 2.42. The Morgan fingerprint density at radius 1 is 1.20 bits per heavy atom.